The van der Waals surface area contributed by atoms with E-state index in [4.69, 9.17) is 15.5 Å². The van der Waals surface area contributed by atoms with E-state index in [-0.39, 0.29) is 35.8 Å². The third-order valence-electron chi connectivity index (χ3n) is 5.46. The Hall–Kier alpha value is -1.50. The zero-order valence-corrected chi connectivity index (χ0v) is 20.0. The Morgan fingerprint density at radius 2 is 1.83 bits per heavy atom. The number of ether oxygens (including phenoxy) is 1. The Morgan fingerprint density at radius 1 is 1.13 bits per heavy atom. The van der Waals surface area contributed by atoms with E-state index in [2.05, 4.69) is 19.7 Å². The molecule has 2 saturated heterocycles. The summed E-state index contributed by atoms with van der Waals surface area (Å²) < 4.78 is 18.9. The van der Waals surface area contributed by atoms with E-state index in [9.17, 15) is 4.39 Å². The molecule has 2 fully saturated rings. The minimum atomic E-state index is -0.226. The van der Waals surface area contributed by atoms with Crippen LogP contribution in [-0.4, -0.2) is 79.8 Å². The number of nitrogens with zero attached hydrogens (tertiary/aromatic N) is 5. The van der Waals surface area contributed by atoms with Crippen molar-refractivity contribution in [2.45, 2.75) is 6.04 Å². The third kappa shape index (κ3) is 5.80. The highest BCUT2D eigenvalue weighted by atomic mass is 127. The molecule has 1 aromatic heterocycles. The number of benzene rings is 1. The number of guanidine groups is 1. The molecule has 0 radical (unpaired) electrons. The quantitative estimate of drug-likeness (QED) is 0.353. The Labute approximate surface area is 197 Å². The topological polar surface area (TPSA) is 70.2 Å². The molecule has 2 aliphatic heterocycles. The standard InChI is InChI=1S/C20H27FN6OS.HI/c21-17-3-1-16(2-4-17)18(25-10-12-28-13-11-25)15-24-19(22)26-6-8-27(9-7-26)20-23-5-14-29-20;/h1-5,14,18H,6-13,15H2,(H2,22,24);1H. The van der Waals surface area contributed by atoms with E-state index in [1.54, 1.807) is 11.3 Å². The number of nitrogens with two attached hydrogens (primary N) is 1. The molecule has 164 valence electrons. The Balaban J connectivity index is 0.00000256. The molecule has 0 spiro atoms. The average molecular weight is 546 g/mol. The highest BCUT2D eigenvalue weighted by Gasteiger charge is 2.24. The van der Waals surface area contributed by atoms with Crippen LogP contribution < -0.4 is 10.6 Å². The first-order chi connectivity index (χ1) is 14.2. The number of rotatable bonds is 5. The predicted molar refractivity (Wildman–Crippen MR) is 129 cm³/mol. The predicted octanol–water partition coefficient (Wildman–Crippen LogP) is 2.41. The van der Waals surface area contributed by atoms with Gasteiger partial charge in [0.25, 0.3) is 0 Å². The molecule has 1 atom stereocenters. The average Bonchev–Trinajstić information content (AvgIpc) is 3.31. The number of anilines is 1. The van der Waals surface area contributed by atoms with Gasteiger partial charge in [0.2, 0.25) is 0 Å². The summed E-state index contributed by atoms with van der Waals surface area (Å²) in [7, 11) is 0. The van der Waals surface area contributed by atoms with E-state index in [1.165, 1.54) is 12.1 Å². The van der Waals surface area contributed by atoms with Gasteiger partial charge in [-0.15, -0.1) is 35.3 Å². The van der Waals surface area contributed by atoms with Crippen molar-refractivity contribution in [1.82, 2.24) is 14.8 Å². The van der Waals surface area contributed by atoms with Crippen LogP contribution in [0.15, 0.2) is 40.8 Å². The first kappa shape index (κ1) is 23.2. The van der Waals surface area contributed by atoms with Gasteiger partial charge in [0.1, 0.15) is 5.82 Å². The minimum Gasteiger partial charge on any atom is -0.379 e. The number of aromatic nitrogens is 1. The lowest BCUT2D eigenvalue weighted by atomic mass is 10.0. The largest absolute Gasteiger partial charge is 0.379 e. The van der Waals surface area contributed by atoms with Crippen LogP contribution in [0.25, 0.3) is 0 Å². The van der Waals surface area contributed by atoms with Crippen LogP contribution in [0.4, 0.5) is 9.52 Å². The van der Waals surface area contributed by atoms with E-state index in [0.717, 1.165) is 50.0 Å². The molecule has 2 aromatic rings. The molecule has 2 aliphatic rings. The van der Waals surface area contributed by atoms with Crippen molar-refractivity contribution in [2.75, 3.05) is 63.9 Å². The number of piperazine rings is 1. The molecular formula is C20H28FIN6OS. The molecular weight excluding hydrogens is 518 g/mol. The van der Waals surface area contributed by atoms with Gasteiger partial charge in [-0.25, -0.2) is 9.37 Å². The Morgan fingerprint density at radius 3 is 2.47 bits per heavy atom. The molecule has 0 amide bonds. The summed E-state index contributed by atoms with van der Waals surface area (Å²) in [6.07, 6.45) is 1.84. The summed E-state index contributed by atoms with van der Waals surface area (Å²) in [6.45, 7) is 7.05. The lowest BCUT2D eigenvalue weighted by Gasteiger charge is -2.36. The molecule has 4 rings (SSSR count). The highest BCUT2D eigenvalue weighted by Crippen LogP contribution is 2.23. The summed E-state index contributed by atoms with van der Waals surface area (Å²) in [4.78, 5) is 15.9. The fraction of sp³-hybridized carbons (Fsp3) is 0.500. The second kappa shape index (κ2) is 11.2. The fourth-order valence-electron chi connectivity index (χ4n) is 3.78. The van der Waals surface area contributed by atoms with Crippen molar-refractivity contribution in [1.29, 1.82) is 0 Å². The summed E-state index contributed by atoms with van der Waals surface area (Å²) in [5.41, 5.74) is 7.39. The number of hydrogen-bond acceptors (Lipinski definition) is 6. The fourth-order valence-corrected chi connectivity index (χ4v) is 4.48. The molecule has 3 heterocycles. The van der Waals surface area contributed by atoms with Gasteiger partial charge < -0.3 is 20.3 Å². The minimum absolute atomic E-state index is 0. The van der Waals surface area contributed by atoms with Crippen LogP contribution in [0.3, 0.4) is 0 Å². The normalized spacial score (nSPS) is 19.4. The molecule has 0 aliphatic carbocycles. The number of halogens is 2. The molecule has 30 heavy (non-hydrogen) atoms. The van der Waals surface area contributed by atoms with Crippen molar-refractivity contribution in [3.8, 4) is 0 Å². The van der Waals surface area contributed by atoms with Crippen molar-refractivity contribution < 1.29 is 9.13 Å². The number of morpholine rings is 1. The van der Waals surface area contributed by atoms with Gasteiger partial charge in [0.05, 0.1) is 25.8 Å². The zero-order chi connectivity index (χ0) is 20.1. The Kier molecular flexibility index (Phi) is 8.66. The van der Waals surface area contributed by atoms with E-state index >= 15 is 0 Å². The van der Waals surface area contributed by atoms with Gasteiger partial charge in [0.15, 0.2) is 11.1 Å². The van der Waals surface area contributed by atoms with E-state index in [1.807, 2.05) is 23.7 Å². The molecule has 0 bridgehead atoms. The number of aliphatic imine (C=N–C) groups is 1. The second-order valence-corrected chi connectivity index (χ2v) is 8.08. The Bertz CT molecular complexity index is 792. The van der Waals surface area contributed by atoms with Crippen LogP contribution in [0.2, 0.25) is 0 Å². The van der Waals surface area contributed by atoms with Crippen LogP contribution >= 0.6 is 35.3 Å². The third-order valence-corrected chi connectivity index (χ3v) is 6.29. The molecule has 10 heteroatoms. The maximum absolute atomic E-state index is 13.4. The van der Waals surface area contributed by atoms with Gasteiger partial charge in [-0.1, -0.05) is 12.1 Å². The van der Waals surface area contributed by atoms with Crippen molar-refractivity contribution in [2.24, 2.45) is 10.7 Å². The van der Waals surface area contributed by atoms with Gasteiger partial charge in [0, 0.05) is 50.8 Å². The summed E-state index contributed by atoms with van der Waals surface area (Å²) in [6, 6.07) is 6.76. The lowest BCUT2D eigenvalue weighted by Crippen LogP contribution is -2.51. The number of hydrogen-bond donors (Lipinski definition) is 1. The van der Waals surface area contributed by atoms with Crippen molar-refractivity contribution >= 4 is 46.4 Å². The summed E-state index contributed by atoms with van der Waals surface area (Å²) in [5.74, 6) is 0.347. The monoisotopic (exact) mass is 546 g/mol. The summed E-state index contributed by atoms with van der Waals surface area (Å²) >= 11 is 1.66. The first-order valence-electron chi connectivity index (χ1n) is 9.97. The lowest BCUT2D eigenvalue weighted by molar-refractivity contribution is 0.0179. The SMILES string of the molecule is I.NC(=NCC(c1ccc(F)cc1)N1CCOCC1)N1CCN(c2nccs2)CC1. The van der Waals surface area contributed by atoms with Crippen LogP contribution in [0.1, 0.15) is 11.6 Å². The highest BCUT2D eigenvalue weighted by molar-refractivity contribution is 14.0. The molecule has 7 nitrogen and oxygen atoms in total. The maximum Gasteiger partial charge on any atom is 0.191 e. The molecule has 1 aromatic carbocycles. The van der Waals surface area contributed by atoms with Crippen LogP contribution in [0, 0.1) is 5.82 Å². The molecule has 1 unspecified atom stereocenters. The maximum atomic E-state index is 13.4. The summed E-state index contributed by atoms with van der Waals surface area (Å²) in [5, 5.41) is 3.06. The van der Waals surface area contributed by atoms with E-state index < -0.39 is 0 Å². The van der Waals surface area contributed by atoms with Crippen molar-refractivity contribution in [3.05, 3.63) is 47.2 Å². The molecule has 2 N–H and O–H groups in total. The molecule has 0 saturated carbocycles. The van der Waals surface area contributed by atoms with Crippen LogP contribution in [-0.2, 0) is 4.74 Å². The second-order valence-electron chi connectivity index (χ2n) is 7.20. The van der Waals surface area contributed by atoms with Gasteiger partial charge in [-0.2, -0.15) is 0 Å². The first-order valence-corrected chi connectivity index (χ1v) is 10.9. The van der Waals surface area contributed by atoms with Gasteiger partial charge >= 0.3 is 0 Å². The zero-order valence-electron chi connectivity index (χ0n) is 16.8. The number of thiazole rings is 1. The van der Waals surface area contributed by atoms with Gasteiger partial charge in [-0.05, 0) is 17.7 Å². The van der Waals surface area contributed by atoms with Gasteiger partial charge in [-0.3, -0.25) is 9.89 Å². The smallest absolute Gasteiger partial charge is 0.191 e. The van der Waals surface area contributed by atoms with Crippen molar-refractivity contribution in [3.63, 3.8) is 0 Å². The van der Waals surface area contributed by atoms with Crippen LogP contribution in [0.5, 0.6) is 0 Å². The van der Waals surface area contributed by atoms with E-state index in [0.29, 0.717) is 25.7 Å².